The van der Waals surface area contributed by atoms with Gasteiger partial charge in [-0.05, 0) is 29.8 Å². The van der Waals surface area contributed by atoms with Crippen LogP contribution < -0.4 is 0 Å². The zero-order chi connectivity index (χ0) is 15.4. The number of hydrogen-bond donors (Lipinski definition) is 0. The van der Waals surface area contributed by atoms with Crippen LogP contribution in [0.2, 0.25) is 0 Å². The molecule has 0 aliphatic carbocycles. The van der Waals surface area contributed by atoms with E-state index in [4.69, 9.17) is 0 Å². The van der Waals surface area contributed by atoms with Crippen molar-refractivity contribution in [3.05, 3.63) is 70.2 Å². The number of benzene rings is 2. The average Bonchev–Trinajstić information content (AvgIpc) is 3.03. The van der Waals surface area contributed by atoms with E-state index in [2.05, 4.69) is 33.1 Å². The number of amidine groups is 1. The summed E-state index contributed by atoms with van der Waals surface area (Å²) in [4.78, 5) is 18.8. The molecule has 0 fully saturated rings. The van der Waals surface area contributed by atoms with E-state index in [9.17, 15) is 4.79 Å². The van der Waals surface area contributed by atoms with Gasteiger partial charge in [-0.15, -0.1) is 0 Å². The zero-order valence-electron chi connectivity index (χ0n) is 11.9. The molecule has 1 aliphatic heterocycles. The van der Waals surface area contributed by atoms with Crippen molar-refractivity contribution in [2.24, 2.45) is 4.99 Å². The fourth-order valence-electron chi connectivity index (χ4n) is 2.20. The summed E-state index contributed by atoms with van der Waals surface area (Å²) < 4.78 is 1.07. The third-order valence-corrected chi connectivity index (χ3v) is 4.96. The Balaban J connectivity index is 1.66. The van der Waals surface area contributed by atoms with Gasteiger partial charge in [-0.3, -0.25) is 14.7 Å². The molecule has 22 heavy (non-hydrogen) atoms. The summed E-state index contributed by atoms with van der Waals surface area (Å²) in [5, 5.41) is 0.816. The highest BCUT2D eigenvalue weighted by Crippen LogP contribution is 2.22. The van der Waals surface area contributed by atoms with Crippen molar-refractivity contribution >= 4 is 38.8 Å². The third-order valence-electron chi connectivity index (χ3n) is 3.35. The number of thioether (sulfide) groups is 1. The van der Waals surface area contributed by atoms with Crippen LogP contribution in [0, 0.1) is 0 Å². The Morgan fingerprint density at radius 1 is 1.14 bits per heavy atom. The van der Waals surface area contributed by atoms with Crippen LogP contribution in [0.3, 0.4) is 0 Å². The molecule has 1 amide bonds. The predicted molar refractivity (Wildman–Crippen MR) is 95.2 cm³/mol. The number of aliphatic imine (C=N–C) groups is 1. The lowest BCUT2D eigenvalue weighted by atomic mass is 10.2. The van der Waals surface area contributed by atoms with Crippen molar-refractivity contribution in [2.45, 2.75) is 5.75 Å². The van der Waals surface area contributed by atoms with Gasteiger partial charge in [0.1, 0.15) is 0 Å². The van der Waals surface area contributed by atoms with Gasteiger partial charge in [0.2, 0.25) is 0 Å². The maximum atomic E-state index is 12.5. The first-order valence-corrected chi connectivity index (χ1v) is 8.80. The molecular formula is C17H15BrN2OS. The van der Waals surface area contributed by atoms with Crippen molar-refractivity contribution in [2.75, 3.05) is 13.1 Å². The van der Waals surface area contributed by atoms with Gasteiger partial charge in [0, 0.05) is 22.3 Å². The first-order chi connectivity index (χ1) is 10.7. The van der Waals surface area contributed by atoms with Crippen LogP contribution in [0.25, 0.3) is 0 Å². The van der Waals surface area contributed by atoms with Crippen molar-refractivity contribution < 1.29 is 4.79 Å². The number of amides is 1. The molecule has 2 aromatic carbocycles. The highest BCUT2D eigenvalue weighted by Gasteiger charge is 2.24. The number of halogens is 1. The van der Waals surface area contributed by atoms with E-state index in [-0.39, 0.29) is 5.91 Å². The highest BCUT2D eigenvalue weighted by molar-refractivity contribution is 9.10. The molecule has 0 bridgehead atoms. The fraction of sp³-hybridized carbons (Fsp3) is 0.176. The Hall–Kier alpha value is -1.59. The van der Waals surface area contributed by atoms with E-state index < -0.39 is 0 Å². The Morgan fingerprint density at radius 2 is 1.86 bits per heavy atom. The van der Waals surface area contributed by atoms with Crippen molar-refractivity contribution in [1.29, 1.82) is 0 Å². The van der Waals surface area contributed by atoms with Crippen molar-refractivity contribution in [3.8, 4) is 0 Å². The van der Waals surface area contributed by atoms with E-state index in [1.165, 1.54) is 5.56 Å². The SMILES string of the molecule is O=C(c1ccccc1)N1CCN=C1SCc1ccc(Br)cc1. The van der Waals surface area contributed by atoms with Crippen LogP contribution in [0.5, 0.6) is 0 Å². The summed E-state index contributed by atoms with van der Waals surface area (Å²) in [6.45, 7) is 1.34. The molecule has 0 spiro atoms. The second kappa shape index (κ2) is 7.11. The fourth-order valence-corrected chi connectivity index (χ4v) is 3.47. The second-order valence-corrected chi connectivity index (χ2v) is 6.76. The molecule has 0 unspecified atom stereocenters. The van der Waals surface area contributed by atoms with Crippen LogP contribution in [0.1, 0.15) is 15.9 Å². The van der Waals surface area contributed by atoms with Gasteiger partial charge < -0.3 is 0 Å². The molecule has 5 heteroatoms. The van der Waals surface area contributed by atoms with Gasteiger partial charge in [0.15, 0.2) is 5.17 Å². The molecule has 0 saturated carbocycles. The summed E-state index contributed by atoms with van der Waals surface area (Å²) in [6.07, 6.45) is 0. The molecular weight excluding hydrogens is 360 g/mol. The predicted octanol–water partition coefficient (Wildman–Crippen LogP) is 4.19. The summed E-state index contributed by atoms with van der Waals surface area (Å²) in [6, 6.07) is 17.6. The summed E-state index contributed by atoms with van der Waals surface area (Å²) in [5.74, 6) is 0.838. The molecule has 1 aliphatic rings. The lowest BCUT2D eigenvalue weighted by Crippen LogP contribution is -2.32. The monoisotopic (exact) mass is 374 g/mol. The molecule has 0 N–H and O–H groups in total. The quantitative estimate of drug-likeness (QED) is 0.806. The van der Waals surface area contributed by atoms with Gasteiger partial charge in [-0.2, -0.15) is 0 Å². The van der Waals surface area contributed by atoms with Crippen molar-refractivity contribution in [1.82, 2.24) is 4.90 Å². The van der Waals surface area contributed by atoms with E-state index in [0.29, 0.717) is 18.7 Å². The Labute approximate surface area is 142 Å². The summed E-state index contributed by atoms with van der Waals surface area (Å²) in [5.41, 5.74) is 1.93. The minimum absolute atomic E-state index is 0.0279. The molecule has 0 radical (unpaired) electrons. The number of nitrogens with zero attached hydrogens (tertiary/aromatic N) is 2. The average molecular weight is 375 g/mol. The second-order valence-electron chi connectivity index (χ2n) is 4.90. The van der Waals surface area contributed by atoms with Crippen LogP contribution in [0.15, 0.2) is 64.1 Å². The van der Waals surface area contributed by atoms with Crippen LogP contribution in [0.4, 0.5) is 0 Å². The maximum Gasteiger partial charge on any atom is 0.259 e. The third kappa shape index (κ3) is 3.59. The van der Waals surface area contributed by atoms with Crippen LogP contribution in [-0.2, 0) is 5.75 Å². The molecule has 2 aromatic rings. The van der Waals surface area contributed by atoms with Gasteiger partial charge >= 0.3 is 0 Å². The van der Waals surface area contributed by atoms with Crippen LogP contribution in [-0.4, -0.2) is 29.1 Å². The lowest BCUT2D eigenvalue weighted by molar-refractivity contribution is 0.0860. The topological polar surface area (TPSA) is 32.7 Å². The smallest absolute Gasteiger partial charge is 0.259 e. The lowest BCUT2D eigenvalue weighted by Gasteiger charge is -2.17. The number of hydrogen-bond acceptors (Lipinski definition) is 3. The molecule has 1 heterocycles. The first-order valence-electron chi connectivity index (χ1n) is 7.02. The highest BCUT2D eigenvalue weighted by atomic mass is 79.9. The standard InChI is InChI=1S/C17H15BrN2OS/c18-15-8-6-13(7-9-15)12-22-17-19-10-11-20(17)16(21)14-4-2-1-3-5-14/h1-9H,10-12H2. The molecule has 0 saturated heterocycles. The van der Waals surface area contributed by atoms with Gasteiger partial charge in [0.05, 0.1) is 6.54 Å². The first kappa shape index (κ1) is 15.3. The normalized spacial score (nSPS) is 14.0. The Bertz CT molecular complexity index is 686. The van der Waals surface area contributed by atoms with Gasteiger partial charge in [-0.25, -0.2) is 0 Å². The minimum Gasteiger partial charge on any atom is -0.286 e. The van der Waals surface area contributed by atoms with Gasteiger partial charge in [-0.1, -0.05) is 58.0 Å². The summed E-state index contributed by atoms with van der Waals surface area (Å²) >= 11 is 5.05. The van der Waals surface area contributed by atoms with E-state index in [1.807, 2.05) is 42.5 Å². The van der Waals surface area contributed by atoms with E-state index in [0.717, 1.165) is 15.4 Å². The number of carbonyl (C=O) groups excluding carboxylic acids is 1. The molecule has 0 aromatic heterocycles. The minimum atomic E-state index is 0.0279. The molecule has 112 valence electrons. The zero-order valence-corrected chi connectivity index (χ0v) is 14.3. The Morgan fingerprint density at radius 3 is 2.59 bits per heavy atom. The molecule has 3 rings (SSSR count). The van der Waals surface area contributed by atoms with Gasteiger partial charge in [0.25, 0.3) is 5.91 Å². The molecule has 3 nitrogen and oxygen atoms in total. The molecule has 0 atom stereocenters. The largest absolute Gasteiger partial charge is 0.286 e. The van der Waals surface area contributed by atoms with E-state index in [1.54, 1.807) is 16.7 Å². The van der Waals surface area contributed by atoms with Crippen molar-refractivity contribution in [3.63, 3.8) is 0 Å². The Kier molecular flexibility index (Phi) is 4.95. The maximum absolute atomic E-state index is 12.5. The number of rotatable bonds is 3. The number of carbonyl (C=O) groups is 1. The summed E-state index contributed by atoms with van der Waals surface area (Å²) in [7, 11) is 0. The van der Waals surface area contributed by atoms with Crippen LogP contribution >= 0.6 is 27.7 Å². The van der Waals surface area contributed by atoms with E-state index >= 15 is 0 Å².